The average Bonchev–Trinajstić information content (AvgIpc) is 3.02. The number of amides is 1. The van der Waals surface area contributed by atoms with Crippen LogP contribution in [0.15, 0.2) is 0 Å². The highest BCUT2D eigenvalue weighted by molar-refractivity contribution is 5.76. The first-order chi connectivity index (χ1) is 11.1. The van der Waals surface area contributed by atoms with Gasteiger partial charge in [0.1, 0.15) is 0 Å². The predicted octanol–water partition coefficient (Wildman–Crippen LogP) is 1.17. The third kappa shape index (κ3) is 4.25. The number of carbonyl (C=O) groups excluding carboxylic acids is 1. The summed E-state index contributed by atoms with van der Waals surface area (Å²) in [5, 5.41) is 10.3. The molecule has 3 aliphatic rings. The van der Waals surface area contributed by atoms with Gasteiger partial charge in [0.2, 0.25) is 5.91 Å². The first-order valence-electron chi connectivity index (χ1n) is 9.53. The van der Waals surface area contributed by atoms with Gasteiger partial charge in [0, 0.05) is 51.1 Å². The Morgan fingerprint density at radius 1 is 1.00 bits per heavy atom. The summed E-state index contributed by atoms with van der Waals surface area (Å²) >= 11 is 0. The van der Waals surface area contributed by atoms with Gasteiger partial charge in [-0.3, -0.25) is 9.69 Å². The average molecular weight is 323 g/mol. The van der Waals surface area contributed by atoms with E-state index in [9.17, 15) is 9.90 Å². The van der Waals surface area contributed by atoms with Crippen molar-refractivity contribution in [3.63, 3.8) is 0 Å². The molecule has 1 saturated carbocycles. The molecule has 2 aliphatic heterocycles. The van der Waals surface area contributed by atoms with Crippen molar-refractivity contribution in [3.05, 3.63) is 0 Å². The maximum atomic E-state index is 12.4. The molecule has 1 N–H and O–H groups in total. The third-order valence-corrected chi connectivity index (χ3v) is 6.16. The quantitative estimate of drug-likeness (QED) is 0.844. The molecule has 3 fully saturated rings. The zero-order chi connectivity index (χ0) is 16.2. The standard InChI is InChI=1S/C18H33N3O2/c1-19-11-13-21(14-12-19)18(23)8-10-20-9-4-6-16(20)15-5-2-3-7-17(15)22/h15-17,22H,2-14H2,1H3. The summed E-state index contributed by atoms with van der Waals surface area (Å²) in [6.45, 7) is 5.71. The lowest BCUT2D eigenvalue weighted by Crippen LogP contribution is -2.48. The number of piperazine rings is 1. The maximum Gasteiger partial charge on any atom is 0.223 e. The zero-order valence-electron chi connectivity index (χ0n) is 14.6. The van der Waals surface area contributed by atoms with Crippen LogP contribution >= 0.6 is 0 Å². The van der Waals surface area contributed by atoms with Crippen LogP contribution in [0.3, 0.4) is 0 Å². The van der Waals surface area contributed by atoms with Crippen LogP contribution in [0.4, 0.5) is 0 Å². The van der Waals surface area contributed by atoms with Crippen LogP contribution in [-0.2, 0) is 4.79 Å². The largest absolute Gasteiger partial charge is 0.393 e. The number of aliphatic hydroxyl groups is 1. The molecular weight excluding hydrogens is 290 g/mol. The van der Waals surface area contributed by atoms with Gasteiger partial charge in [-0.25, -0.2) is 0 Å². The molecule has 0 aromatic rings. The lowest BCUT2D eigenvalue weighted by atomic mass is 9.80. The molecule has 0 radical (unpaired) electrons. The number of hydrogen-bond donors (Lipinski definition) is 1. The van der Waals surface area contributed by atoms with Crippen LogP contribution in [0.1, 0.15) is 44.9 Å². The van der Waals surface area contributed by atoms with E-state index >= 15 is 0 Å². The topological polar surface area (TPSA) is 47.0 Å². The summed E-state index contributed by atoms with van der Waals surface area (Å²) in [6.07, 6.45) is 7.50. The SMILES string of the molecule is CN1CCN(C(=O)CCN2CCCC2C2CCCCC2O)CC1. The van der Waals surface area contributed by atoms with E-state index in [1.165, 1.54) is 25.7 Å². The minimum Gasteiger partial charge on any atom is -0.393 e. The van der Waals surface area contributed by atoms with Crippen LogP contribution < -0.4 is 0 Å². The van der Waals surface area contributed by atoms with Crippen molar-refractivity contribution in [3.8, 4) is 0 Å². The van der Waals surface area contributed by atoms with Gasteiger partial charge in [-0.15, -0.1) is 0 Å². The molecular formula is C18H33N3O2. The van der Waals surface area contributed by atoms with Crippen LogP contribution in [0.2, 0.25) is 0 Å². The molecule has 23 heavy (non-hydrogen) atoms. The van der Waals surface area contributed by atoms with Crippen LogP contribution in [-0.4, -0.2) is 84.2 Å². The molecule has 3 atom stereocenters. The van der Waals surface area contributed by atoms with Gasteiger partial charge in [-0.1, -0.05) is 12.8 Å². The fourth-order valence-electron chi connectivity index (χ4n) is 4.66. The number of rotatable bonds is 4. The predicted molar refractivity (Wildman–Crippen MR) is 91.3 cm³/mol. The van der Waals surface area contributed by atoms with Crippen LogP contribution in [0.25, 0.3) is 0 Å². The first-order valence-corrected chi connectivity index (χ1v) is 9.53. The van der Waals surface area contributed by atoms with E-state index in [0.29, 0.717) is 24.3 Å². The zero-order valence-corrected chi connectivity index (χ0v) is 14.6. The highest BCUT2D eigenvalue weighted by Crippen LogP contribution is 2.34. The van der Waals surface area contributed by atoms with Gasteiger partial charge >= 0.3 is 0 Å². The first kappa shape index (κ1) is 17.2. The molecule has 3 unspecified atom stereocenters. The molecule has 0 aromatic heterocycles. The Bertz CT molecular complexity index is 396. The van der Waals surface area contributed by atoms with E-state index in [1.54, 1.807) is 0 Å². The Labute approximate surface area is 140 Å². The Hall–Kier alpha value is -0.650. The monoisotopic (exact) mass is 323 g/mol. The summed E-state index contributed by atoms with van der Waals surface area (Å²) in [5.41, 5.74) is 0. The molecule has 5 nitrogen and oxygen atoms in total. The molecule has 2 heterocycles. The highest BCUT2D eigenvalue weighted by Gasteiger charge is 2.36. The van der Waals surface area contributed by atoms with E-state index < -0.39 is 0 Å². The second kappa shape index (κ2) is 7.95. The van der Waals surface area contributed by atoms with Crippen molar-refractivity contribution in [2.45, 2.75) is 57.1 Å². The number of nitrogens with zero attached hydrogens (tertiary/aromatic N) is 3. The number of hydrogen-bond acceptors (Lipinski definition) is 4. The van der Waals surface area contributed by atoms with Gasteiger partial charge < -0.3 is 14.9 Å². The van der Waals surface area contributed by atoms with Gasteiger partial charge in [-0.05, 0) is 39.3 Å². The molecule has 2 saturated heterocycles. The van der Waals surface area contributed by atoms with Crippen LogP contribution in [0.5, 0.6) is 0 Å². The summed E-state index contributed by atoms with van der Waals surface area (Å²) in [5.74, 6) is 0.748. The van der Waals surface area contributed by atoms with Crippen LogP contribution in [0, 0.1) is 5.92 Å². The molecule has 0 aromatic carbocycles. The van der Waals surface area contributed by atoms with Crippen molar-refractivity contribution in [2.75, 3.05) is 46.3 Å². The maximum absolute atomic E-state index is 12.4. The van der Waals surface area contributed by atoms with Gasteiger partial charge in [0.05, 0.1) is 6.10 Å². The summed E-state index contributed by atoms with van der Waals surface area (Å²) in [4.78, 5) is 19.2. The lowest BCUT2D eigenvalue weighted by molar-refractivity contribution is -0.133. The Morgan fingerprint density at radius 3 is 2.48 bits per heavy atom. The van der Waals surface area contributed by atoms with E-state index in [0.717, 1.165) is 52.1 Å². The van der Waals surface area contributed by atoms with Crippen molar-refractivity contribution >= 4 is 5.91 Å². The van der Waals surface area contributed by atoms with Gasteiger partial charge in [0.25, 0.3) is 0 Å². The van der Waals surface area contributed by atoms with E-state index in [4.69, 9.17) is 0 Å². The number of likely N-dealkylation sites (N-methyl/N-ethyl adjacent to an activating group) is 1. The minimum atomic E-state index is -0.123. The third-order valence-electron chi connectivity index (χ3n) is 6.16. The highest BCUT2D eigenvalue weighted by atomic mass is 16.3. The normalized spacial score (nSPS) is 34.0. The number of aliphatic hydroxyl groups excluding tert-OH is 1. The molecule has 5 heteroatoms. The molecule has 0 spiro atoms. The lowest BCUT2D eigenvalue weighted by Gasteiger charge is -2.37. The minimum absolute atomic E-state index is 0.123. The Morgan fingerprint density at radius 2 is 1.74 bits per heavy atom. The van der Waals surface area contributed by atoms with E-state index in [-0.39, 0.29) is 6.10 Å². The number of likely N-dealkylation sites (tertiary alicyclic amines) is 1. The van der Waals surface area contributed by atoms with Crippen molar-refractivity contribution in [2.24, 2.45) is 5.92 Å². The summed E-state index contributed by atoms with van der Waals surface area (Å²) in [7, 11) is 2.12. The number of carbonyl (C=O) groups is 1. The second-order valence-corrected chi connectivity index (χ2v) is 7.70. The van der Waals surface area contributed by atoms with Crippen molar-refractivity contribution in [1.29, 1.82) is 0 Å². The van der Waals surface area contributed by atoms with Gasteiger partial charge in [0.15, 0.2) is 0 Å². The molecule has 132 valence electrons. The van der Waals surface area contributed by atoms with Crippen molar-refractivity contribution in [1.82, 2.24) is 14.7 Å². The summed E-state index contributed by atoms with van der Waals surface area (Å²) < 4.78 is 0. The smallest absolute Gasteiger partial charge is 0.223 e. The Kier molecular flexibility index (Phi) is 5.94. The second-order valence-electron chi connectivity index (χ2n) is 7.70. The Balaban J connectivity index is 1.48. The van der Waals surface area contributed by atoms with E-state index in [2.05, 4.69) is 16.8 Å². The summed E-state index contributed by atoms with van der Waals surface area (Å²) in [6, 6.07) is 0.505. The molecule has 3 rings (SSSR count). The van der Waals surface area contributed by atoms with Gasteiger partial charge in [-0.2, -0.15) is 0 Å². The van der Waals surface area contributed by atoms with E-state index in [1.807, 2.05) is 4.90 Å². The molecule has 0 bridgehead atoms. The fraction of sp³-hybridized carbons (Fsp3) is 0.944. The molecule has 1 aliphatic carbocycles. The molecule has 1 amide bonds. The fourth-order valence-corrected chi connectivity index (χ4v) is 4.66. The van der Waals surface area contributed by atoms with Crippen molar-refractivity contribution < 1.29 is 9.90 Å².